The number of fused-ring (bicyclic) bond motifs is 2. The van der Waals surface area contributed by atoms with Gasteiger partial charge in [0.15, 0.2) is 0 Å². The van der Waals surface area contributed by atoms with E-state index in [0.717, 1.165) is 39.2 Å². The van der Waals surface area contributed by atoms with Gasteiger partial charge in [-0.1, -0.05) is 49.4 Å². The SMILES string of the molecule is CCc1cccc(CNCC(OC(=O)c2cc3cc4ccccc4nc3s2)C(N)Cc2cc(F)cc(F)c2)c1. The number of carbonyl (C=O) groups excluding carboxylic acids is 1. The maximum absolute atomic E-state index is 13.8. The molecule has 0 saturated carbocycles. The van der Waals surface area contributed by atoms with Crippen molar-refractivity contribution in [2.45, 2.75) is 38.5 Å². The Kier molecular flexibility index (Phi) is 8.26. The van der Waals surface area contributed by atoms with E-state index in [1.54, 1.807) is 6.07 Å². The number of benzene rings is 3. The number of nitrogens with one attached hydrogen (secondary N) is 1. The molecule has 5 nitrogen and oxygen atoms in total. The fraction of sp³-hybridized carbons (Fsp3) is 0.226. The quantitative estimate of drug-likeness (QED) is 0.205. The van der Waals surface area contributed by atoms with E-state index in [-0.39, 0.29) is 13.0 Å². The monoisotopic (exact) mass is 545 g/mol. The van der Waals surface area contributed by atoms with Crippen molar-refractivity contribution in [2.75, 3.05) is 6.54 Å². The van der Waals surface area contributed by atoms with Crippen LogP contribution >= 0.6 is 11.3 Å². The second-order valence-corrected chi connectivity index (χ2v) is 10.6. The zero-order valence-corrected chi connectivity index (χ0v) is 22.3. The van der Waals surface area contributed by atoms with E-state index in [0.29, 0.717) is 17.0 Å². The first kappa shape index (κ1) is 26.9. The number of aromatic nitrogens is 1. The molecule has 0 amide bonds. The molecule has 39 heavy (non-hydrogen) atoms. The largest absolute Gasteiger partial charge is 0.455 e. The molecule has 5 aromatic rings. The van der Waals surface area contributed by atoms with Gasteiger partial charge in [0.1, 0.15) is 27.4 Å². The number of aryl methyl sites for hydroxylation is 1. The van der Waals surface area contributed by atoms with Gasteiger partial charge < -0.3 is 15.8 Å². The molecule has 5 rings (SSSR count). The number of ether oxygens (including phenoxy) is 1. The molecule has 2 aromatic heterocycles. The molecule has 0 spiro atoms. The summed E-state index contributed by atoms with van der Waals surface area (Å²) in [4.78, 5) is 19.1. The van der Waals surface area contributed by atoms with E-state index >= 15 is 0 Å². The van der Waals surface area contributed by atoms with E-state index in [1.165, 1.54) is 29.0 Å². The zero-order valence-electron chi connectivity index (χ0n) is 21.5. The molecule has 0 fully saturated rings. The number of carbonyl (C=O) groups is 1. The van der Waals surface area contributed by atoms with E-state index < -0.39 is 29.7 Å². The van der Waals surface area contributed by atoms with Gasteiger partial charge in [-0.2, -0.15) is 0 Å². The molecule has 0 radical (unpaired) electrons. The van der Waals surface area contributed by atoms with Crippen LogP contribution in [-0.2, 0) is 24.1 Å². The number of nitrogens with zero attached hydrogens (tertiary/aromatic N) is 1. The summed E-state index contributed by atoms with van der Waals surface area (Å²) in [6.07, 6.45) is 0.331. The third-order valence-corrected chi connectivity index (χ3v) is 7.64. The van der Waals surface area contributed by atoms with Gasteiger partial charge in [-0.15, -0.1) is 11.3 Å². The van der Waals surface area contributed by atoms with Crippen molar-refractivity contribution in [1.29, 1.82) is 0 Å². The van der Waals surface area contributed by atoms with Crippen molar-refractivity contribution in [3.05, 3.63) is 112 Å². The molecule has 3 aromatic carbocycles. The summed E-state index contributed by atoms with van der Waals surface area (Å²) in [5, 5.41) is 5.18. The number of pyridine rings is 1. The number of hydrogen-bond acceptors (Lipinski definition) is 6. The van der Waals surface area contributed by atoms with Crippen molar-refractivity contribution in [2.24, 2.45) is 5.73 Å². The first-order valence-corrected chi connectivity index (χ1v) is 13.7. The maximum atomic E-state index is 13.8. The summed E-state index contributed by atoms with van der Waals surface area (Å²) in [6, 6.07) is 22.4. The highest BCUT2D eigenvalue weighted by molar-refractivity contribution is 7.20. The predicted octanol–water partition coefficient (Wildman–Crippen LogP) is 6.18. The highest BCUT2D eigenvalue weighted by Crippen LogP contribution is 2.28. The number of rotatable bonds is 10. The molecule has 3 N–H and O–H groups in total. The molecule has 0 aliphatic rings. The molecule has 0 saturated heterocycles. The minimum Gasteiger partial charge on any atom is -0.455 e. The van der Waals surface area contributed by atoms with Crippen LogP contribution in [0.4, 0.5) is 8.78 Å². The molecule has 0 bridgehead atoms. The summed E-state index contributed by atoms with van der Waals surface area (Å²) in [6.45, 7) is 2.93. The number of nitrogens with two attached hydrogens (primary N) is 1. The smallest absolute Gasteiger partial charge is 0.348 e. The van der Waals surface area contributed by atoms with Gasteiger partial charge in [-0.25, -0.2) is 18.6 Å². The van der Waals surface area contributed by atoms with Gasteiger partial charge in [0.05, 0.1) is 5.52 Å². The van der Waals surface area contributed by atoms with Crippen molar-refractivity contribution < 1.29 is 18.3 Å². The minimum atomic E-state index is -0.740. The van der Waals surface area contributed by atoms with Gasteiger partial charge >= 0.3 is 5.97 Å². The van der Waals surface area contributed by atoms with E-state index in [2.05, 4.69) is 29.4 Å². The fourth-order valence-corrected chi connectivity index (χ4v) is 5.51. The summed E-state index contributed by atoms with van der Waals surface area (Å²) < 4.78 is 33.5. The normalized spacial score (nSPS) is 13.0. The molecule has 200 valence electrons. The second kappa shape index (κ2) is 12.0. The zero-order chi connectivity index (χ0) is 27.4. The summed E-state index contributed by atoms with van der Waals surface area (Å²) in [7, 11) is 0. The molecular weight excluding hydrogens is 516 g/mol. The van der Waals surface area contributed by atoms with Crippen LogP contribution in [-0.4, -0.2) is 29.6 Å². The van der Waals surface area contributed by atoms with E-state index in [1.807, 2.05) is 42.5 Å². The average Bonchev–Trinajstić information content (AvgIpc) is 3.33. The topological polar surface area (TPSA) is 77.2 Å². The minimum absolute atomic E-state index is 0.138. The fourth-order valence-electron chi connectivity index (χ4n) is 4.60. The maximum Gasteiger partial charge on any atom is 0.348 e. The highest BCUT2D eigenvalue weighted by Gasteiger charge is 2.25. The molecule has 2 heterocycles. The van der Waals surface area contributed by atoms with E-state index in [4.69, 9.17) is 10.5 Å². The van der Waals surface area contributed by atoms with Crippen molar-refractivity contribution in [3.8, 4) is 0 Å². The molecule has 2 unspecified atom stereocenters. The van der Waals surface area contributed by atoms with Gasteiger partial charge in [0.25, 0.3) is 0 Å². The Morgan fingerprint density at radius 3 is 2.51 bits per heavy atom. The Bertz CT molecular complexity index is 1550. The summed E-state index contributed by atoms with van der Waals surface area (Å²) in [5.41, 5.74) is 10.1. The molecule has 0 aliphatic heterocycles. The van der Waals surface area contributed by atoms with Gasteiger partial charge in [-0.05, 0) is 59.9 Å². The Labute approximate surface area is 229 Å². The first-order valence-electron chi connectivity index (χ1n) is 12.9. The van der Waals surface area contributed by atoms with Crippen LogP contribution in [0.2, 0.25) is 0 Å². The van der Waals surface area contributed by atoms with Gasteiger partial charge in [-0.3, -0.25) is 0 Å². The Morgan fingerprint density at radius 1 is 0.949 bits per heavy atom. The number of thiophene rings is 1. The third-order valence-electron chi connectivity index (χ3n) is 6.62. The number of esters is 1. The number of halogens is 2. The molecule has 2 atom stereocenters. The van der Waals surface area contributed by atoms with Crippen LogP contribution in [0, 0.1) is 11.6 Å². The van der Waals surface area contributed by atoms with E-state index in [9.17, 15) is 13.6 Å². The number of hydrogen-bond donors (Lipinski definition) is 2. The van der Waals surface area contributed by atoms with Crippen LogP contribution in [0.3, 0.4) is 0 Å². The first-order chi connectivity index (χ1) is 18.9. The number of para-hydroxylation sites is 1. The standard InChI is InChI=1S/C31H29F2N3O2S/c1-2-19-6-5-7-20(10-19)17-35-18-28(26(34)13-21-11-24(32)16-25(33)12-21)38-31(37)29-15-23-14-22-8-3-4-9-27(22)36-30(23)39-29/h3-12,14-16,26,28,35H,2,13,17-18,34H2,1H3. The van der Waals surface area contributed by atoms with Crippen LogP contribution in [0.1, 0.15) is 33.3 Å². The summed E-state index contributed by atoms with van der Waals surface area (Å²) >= 11 is 1.26. The van der Waals surface area contributed by atoms with Crippen molar-refractivity contribution in [3.63, 3.8) is 0 Å². The van der Waals surface area contributed by atoms with Crippen LogP contribution in [0.25, 0.3) is 21.1 Å². The van der Waals surface area contributed by atoms with Gasteiger partial charge in [0.2, 0.25) is 0 Å². The lowest BCUT2D eigenvalue weighted by atomic mass is 10.0. The van der Waals surface area contributed by atoms with Gasteiger partial charge in [0, 0.05) is 36.0 Å². The van der Waals surface area contributed by atoms with Crippen LogP contribution < -0.4 is 11.1 Å². The van der Waals surface area contributed by atoms with Crippen molar-refractivity contribution in [1.82, 2.24) is 10.3 Å². The Balaban J connectivity index is 1.34. The lowest BCUT2D eigenvalue weighted by Gasteiger charge is -2.24. The third kappa shape index (κ3) is 6.65. The highest BCUT2D eigenvalue weighted by atomic mass is 32.1. The Hall–Kier alpha value is -3.72. The molecular formula is C31H29F2N3O2S. The lowest BCUT2D eigenvalue weighted by molar-refractivity contribution is 0.0244. The molecule has 8 heteroatoms. The lowest BCUT2D eigenvalue weighted by Crippen LogP contribution is -2.45. The van der Waals surface area contributed by atoms with Crippen LogP contribution in [0.5, 0.6) is 0 Å². The van der Waals surface area contributed by atoms with Crippen LogP contribution in [0.15, 0.2) is 78.9 Å². The summed E-state index contributed by atoms with van der Waals surface area (Å²) in [5.74, 6) is -1.86. The average molecular weight is 546 g/mol. The molecule has 0 aliphatic carbocycles. The second-order valence-electron chi connectivity index (χ2n) is 9.58. The Morgan fingerprint density at radius 2 is 1.72 bits per heavy atom. The predicted molar refractivity (Wildman–Crippen MR) is 152 cm³/mol. The van der Waals surface area contributed by atoms with Crippen molar-refractivity contribution >= 4 is 38.4 Å².